The fourth-order valence-corrected chi connectivity index (χ4v) is 1.47. The average molecular weight is 251 g/mol. The van der Waals surface area contributed by atoms with Gasteiger partial charge in [-0.2, -0.15) is 0 Å². The van der Waals surface area contributed by atoms with Gasteiger partial charge < -0.3 is 21.5 Å². The van der Waals surface area contributed by atoms with Crippen LogP contribution in [-0.2, 0) is 0 Å². The maximum Gasteiger partial charge on any atom is 0.319 e. The molecule has 1 aromatic carbocycles. The fraction of sp³-hybridized carbons (Fsp3) is 0.333. The van der Waals surface area contributed by atoms with Crippen LogP contribution >= 0.6 is 0 Å². The van der Waals surface area contributed by atoms with Crippen molar-refractivity contribution in [1.82, 2.24) is 5.32 Å². The Bertz CT molecular complexity index is 446. The Morgan fingerprint density at radius 2 is 2.11 bits per heavy atom. The van der Waals surface area contributed by atoms with Crippen LogP contribution < -0.4 is 16.4 Å². The van der Waals surface area contributed by atoms with Gasteiger partial charge in [-0.1, -0.05) is 0 Å². The van der Waals surface area contributed by atoms with E-state index in [-0.39, 0.29) is 12.6 Å². The van der Waals surface area contributed by atoms with Crippen molar-refractivity contribution >= 4 is 17.6 Å². The molecule has 0 spiro atoms. The van der Waals surface area contributed by atoms with Gasteiger partial charge in [-0.3, -0.25) is 4.79 Å². The van der Waals surface area contributed by atoms with E-state index >= 15 is 0 Å². The van der Waals surface area contributed by atoms with Gasteiger partial charge in [-0.25, -0.2) is 4.79 Å². The quantitative estimate of drug-likeness (QED) is 0.576. The Hall–Kier alpha value is -2.08. The van der Waals surface area contributed by atoms with Crippen molar-refractivity contribution in [3.63, 3.8) is 0 Å². The standard InChI is InChI=1S/C12H17N3O3/c1-8-7-9(3-4-10(8)11(13)17)15-12(18)14-5-2-6-16/h3-4,7,16H,2,5-6H2,1H3,(H2,13,17)(H2,14,15,18). The molecule has 0 saturated heterocycles. The summed E-state index contributed by atoms with van der Waals surface area (Å²) >= 11 is 0. The van der Waals surface area contributed by atoms with Gasteiger partial charge in [-0.05, 0) is 37.1 Å². The Kier molecular flexibility index (Phi) is 5.13. The molecule has 1 rings (SSSR count). The molecule has 1 aromatic rings. The maximum atomic E-state index is 11.4. The highest BCUT2D eigenvalue weighted by Crippen LogP contribution is 2.14. The molecule has 0 aromatic heterocycles. The lowest BCUT2D eigenvalue weighted by molar-refractivity contribution is 0.0999. The maximum absolute atomic E-state index is 11.4. The molecule has 0 aliphatic carbocycles. The summed E-state index contributed by atoms with van der Waals surface area (Å²) in [4.78, 5) is 22.5. The van der Waals surface area contributed by atoms with E-state index in [9.17, 15) is 9.59 Å². The third kappa shape index (κ3) is 4.06. The third-order valence-corrected chi connectivity index (χ3v) is 2.37. The molecule has 98 valence electrons. The summed E-state index contributed by atoms with van der Waals surface area (Å²) in [6.07, 6.45) is 0.507. The van der Waals surface area contributed by atoms with Gasteiger partial charge in [0.1, 0.15) is 0 Å². The van der Waals surface area contributed by atoms with Crippen LogP contribution in [0.4, 0.5) is 10.5 Å². The molecule has 0 aliphatic rings. The van der Waals surface area contributed by atoms with Crippen LogP contribution in [0.15, 0.2) is 18.2 Å². The Balaban J connectivity index is 2.60. The average Bonchev–Trinajstić information content (AvgIpc) is 2.28. The number of aryl methyl sites for hydroxylation is 1. The predicted octanol–water partition coefficient (Wildman–Crippen LogP) is 0.598. The minimum atomic E-state index is -0.494. The summed E-state index contributed by atoms with van der Waals surface area (Å²) in [6, 6.07) is 4.50. The molecule has 0 radical (unpaired) electrons. The molecule has 3 amide bonds. The van der Waals surface area contributed by atoms with E-state index in [1.165, 1.54) is 0 Å². The lowest BCUT2D eigenvalue weighted by atomic mass is 10.1. The van der Waals surface area contributed by atoms with Gasteiger partial charge in [0.05, 0.1) is 0 Å². The van der Waals surface area contributed by atoms with Gasteiger partial charge in [0.2, 0.25) is 5.91 Å². The first-order valence-corrected chi connectivity index (χ1v) is 5.60. The molecule has 6 nitrogen and oxygen atoms in total. The second-order valence-corrected chi connectivity index (χ2v) is 3.85. The molecule has 0 atom stereocenters. The number of primary amides is 1. The highest BCUT2D eigenvalue weighted by Gasteiger charge is 2.06. The number of nitrogens with two attached hydrogens (primary N) is 1. The molecule has 5 N–H and O–H groups in total. The largest absolute Gasteiger partial charge is 0.396 e. The molecule has 6 heteroatoms. The Morgan fingerprint density at radius 1 is 1.39 bits per heavy atom. The van der Waals surface area contributed by atoms with Crippen LogP contribution in [0, 0.1) is 6.92 Å². The highest BCUT2D eigenvalue weighted by atomic mass is 16.3. The number of amides is 3. The smallest absolute Gasteiger partial charge is 0.319 e. The number of carbonyl (C=O) groups is 2. The number of anilines is 1. The van der Waals surface area contributed by atoms with E-state index < -0.39 is 5.91 Å². The van der Waals surface area contributed by atoms with E-state index in [1.807, 2.05) is 0 Å². The molecule has 0 saturated carbocycles. The molecule has 0 fully saturated rings. The second-order valence-electron chi connectivity index (χ2n) is 3.85. The normalized spacial score (nSPS) is 9.89. The summed E-state index contributed by atoms with van der Waals surface area (Å²) in [7, 11) is 0. The number of nitrogens with one attached hydrogen (secondary N) is 2. The van der Waals surface area contributed by atoms with Crippen LogP contribution in [0.1, 0.15) is 22.3 Å². The van der Waals surface area contributed by atoms with Crippen LogP contribution in [-0.4, -0.2) is 30.2 Å². The van der Waals surface area contributed by atoms with E-state index in [1.54, 1.807) is 25.1 Å². The number of aliphatic hydroxyl groups excluding tert-OH is 1. The zero-order valence-electron chi connectivity index (χ0n) is 10.2. The number of urea groups is 1. The number of hydrogen-bond donors (Lipinski definition) is 4. The minimum absolute atomic E-state index is 0.0344. The van der Waals surface area contributed by atoms with Crippen molar-refractivity contribution in [3.05, 3.63) is 29.3 Å². The van der Waals surface area contributed by atoms with E-state index in [2.05, 4.69) is 10.6 Å². The first-order chi connectivity index (χ1) is 8.54. The van der Waals surface area contributed by atoms with E-state index in [4.69, 9.17) is 10.8 Å². The number of benzene rings is 1. The first-order valence-electron chi connectivity index (χ1n) is 5.60. The zero-order chi connectivity index (χ0) is 13.5. The van der Waals surface area contributed by atoms with Crippen LogP contribution in [0.25, 0.3) is 0 Å². The highest BCUT2D eigenvalue weighted by molar-refractivity contribution is 5.95. The molecule has 0 aliphatic heterocycles. The molecule has 0 unspecified atom stereocenters. The van der Waals surface area contributed by atoms with E-state index in [0.717, 1.165) is 0 Å². The van der Waals surface area contributed by atoms with Gasteiger partial charge in [0.15, 0.2) is 0 Å². The van der Waals surface area contributed by atoms with Gasteiger partial charge in [-0.15, -0.1) is 0 Å². The molecule has 0 bridgehead atoms. The molecular formula is C12H17N3O3. The minimum Gasteiger partial charge on any atom is -0.396 e. The predicted molar refractivity (Wildman–Crippen MR) is 68.4 cm³/mol. The van der Waals surface area contributed by atoms with Crippen LogP contribution in [0.5, 0.6) is 0 Å². The van der Waals surface area contributed by atoms with Crippen molar-refractivity contribution in [2.24, 2.45) is 5.73 Å². The third-order valence-electron chi connectivity index (χ3n) is 2.37. The number of hydrogen-bond acceptors (Lipinski definition) is 3. The number of aliphatic hydroxyl groups is 1. The van der Waals surface area contributed by atoms with Gasteiger partial charge >= 0.3 is 6.03 Å². The van der Waals surface area contributed by atoms with Crippen molar-refractivity contribution in [2.75, 3.05) is 18.5 Å². The van der Waals surface area contributed by atoms with Crippen molar-refractivity contribution < 1.29 is 14.7 Å². The molecule has 0 heterocycles. The SMILES string of the molecule is Cc1cc(NC(=O)NCCCO)ccc1C(N)=O. The van der Waals surface area contributed by atoms with Crippen LogP contribution in [0.3, 0.4) is 0 Å². The second kappa shape index (κ2) is 6.61. The number of rotatable bonds is 5. The van der Waals surface area contributed by atoms with E-state index in [0.29, 0.717) is 29.8 Å². The van der Waals surface area contributed by atoms with Crippen molar-refractivity contribution in [3.8, 4) is 0 Å². The summed E-state index contributed by atoms with van der Waals surface area (Å²) < 4.78 is 0. The number of carbonyl (C=O) groups excluding carboxylic acids is 2. The monoisotopic (exact) mass is 251 g/mol. The first kappa shape index (κ1) is 14.0. The van der Waals surface area contributed by atoms with Crippen molar-refractivity contribution in [1.29, 1.82) is 0 Å². The summed E-state index contributed by atoms with van der Waals surface area (Å²) in [5.41, 5.74) is 6.90. The molecule has 18 heavy (non-hydrogen) atoms. The Labute approximate surface area is 105 Å². The fourth-order valence-electron chi connectivity index (χ4n) is 1.47. The summed E-state index contributed by atoms with van der Waals surface area (Å²) in [5, 5.41) is 13.8. The lowest BCUT2D eigenvalue weighted by Gasteiger charge is -2.09. The molecular weight excluding hydrogens is 234 g/mol. The lowest BCUT2D eigenvalue weighted by Crippen LogP contribution is -2.30. The Morgan fingerprint density at radius 3 is 2.67 bits per heavy atom. The van der Waals surface area contributed by atoms with Crippen molar-refractivity contribution in [2.45, 2.75) is 13.3 Å². The van der Waals surface area contributed by atoms with Gasteiger partial charge in [0, 0.05) is 24.4 Å². The van der Waals surface area contributed by atoms with Gasteiger partial charge in [0.25, 0.3) is 0 Å². The van der Waals surface area contributed by atoms with Crippen LogP contribution in [0.2, 0.25) is 0 Å². The summed E-state index contributed by atoms with van der Waals surface area (Å²) in [6.45, 7) is 2.18. The zero-order valence-corrected chi connectivity index (χ0v) is 10.2. The summed E-state index contributed by atoms with van der Waals surface area (Å²) in [5.74, 6) is -0.494. The topological polar surface area (TPSA) is 104 Å².